The number of hydrogen-bond acceptors (Lipinski definition) is 4. The van der Waals surface area contributed by atoms with E-state index < -0.39 is 0 Å². The number of rotatable bonds is 4. The fourth-order valence-electron chi connectivity index (χ4n) is 1.89. The van der Waals surface area contributed by atoms with Crippen LogP contribution in [0.4, 0.5) is 0 Å². The van der Waals surface area contributed by atoms with Crippen molar-refractivity contribution in [2.45, 2.75) is 6.61 Å². The van der Waals surface area contributed by atoms with Gasteiger partial charge in [0, 0.05) is 5.56 Å². The molecule has 0 spiro atoms. The Hall–Kier alpha value is -1.69. The number of aromatic nitrogens is 1. The quantitative estimate of drug-likeness (QED) is 0.728. The monoisotopic (exact) mass is 334 g/mol. The number of nitrogens with two attached hydrogens (primary N) is 1. The number of thiocarbonyl (C=S) groups is 1. The fraction of sp³-hybridized carbons (Fsp3) is 0.0667. The zero-order valence-electron chi connectivity index (χ0n) is 10.9. The van der Waals surface area contributed by atoms with Crippen LogP contribution in [-0.4, -0.2) is 9.97 Å². The Labute approximate surface area is 136 Å². The van der Waals surface area contributed by atoms with Crippen LogP contribution >= 0.6 is 35.2 Å². The highest BCUT2D eigenvalue weighted by atomic mass is 35.5. The van der Waals surface area contributed by atoms with Gasteiger partial charge in [0.25, 0.3) is 0 Å². The van der Waals surface area contributed by atoms with Crippen molar-refractivity contribution in [2.75, 3.05) is 0 Å². The van der Waals surface area contributed by atoms with Gasteiger partial charge in [-0.3, -0.25) is 0 Å². The van der Waals surface area contributed by atoms with E-state index in [9.17, 15) is 0 Å². The first-order valence-electron chi connectivity index (χ1n) is 6.20. The van der Waals surface area contributed by atoms with Gasteiger partial charge >= 0.3 is 0 Å². The summed E-state index contributed by atoms with van der Waals surface area (Å²) in [6.45, 7) is 0.380. The molecule has 2 aromatic carbocycles. The second-order valence-corrected chi connectivity index (χ2v) is 6.34. The van der Waals surface area contributed by atoms with Crippen LogP contribution < -0.4 is 10.5 Å². The number of para-hydroxylation sites is 1. The SMILES string of the molecule is NC(=S)c1ccc(OCc2nc3ccccc3s2)c(Cl)c1. The summed E-state index contributed by atoms with van der Waals surface area (Å²) in [5, 5.41) is 1.40. The highest BCUT2D eigenvalue weighted by Crippen LogP contribution is 2.28. The fourth-order valence-corrected chi connectivity index (χ4v) is 3.13. The normalized spacial score (nSPS) is 10.7. The van der Waals surface area contributed by atoms with E-state index in [0.29, 0.717) is 22.4 Å². The van der Waals surface area contributed by atoms with E-state index in [1.54, 1.807) is 29.5 Å². The summed E-state index contributed by atoms with van der Waals surface area (Å²) >= 11 is 12.7. The predicted molar refractivity (Wildman–Crippen MR) is 91.3 cm³/mol. The number of benzene rings is 2. The minimum atomic E-state index is 0.314. The summed E-state index contributed by atoms with van der Waals surface area (Å²) in [4.78, 5) is 4.83. The molecule has 0 fully saturated rings. The van der Waals surface area contributed by atoms with Crippen LogP contribution in [0.1, 0.15) is 10.6 Å². The predicted octanol–water partition coefficient (Wildman–Crippen LogP) is 4.16. The third kappa shape index (κ3) is 3.15. The molecule has 0 radical (unpaired) electrons. The van der Waals surface area contributed by atoms with E-state index in [2.05, 4.69) is 4.98 Å². The molecule has 0 atom stereocenters. The van der Waals surface area contributed by atoms with Crippen molar-refractivity contribution in [3.63, 3.8) is 0 Å². The number of nitrogens with zero attached hydrogens (tertiary/aromatic N) is 1. The molecule has 0 saturated carbocycles. The van der Waals surface area contributed by atoms with Crippen LogP contribution in [-0.2, 0) is 6.61 Å². The smallest absolute Gasteiger partial charge is 0.140 e. The number of hydrogen-bond donors (Lipinski definition) is 1. The first-order valence-corrected chi connectivity index (χ1v) is 7.80. The Kier molecular flexibility index (Phi) is 4.05. The molecule has 0 aliphatic carbocycles. The maximum Gasteiger partial charge on any atom is 0.140 e. The van der Waals surface area contributed by atoms with Crippen LogP contribution in [0.5, 0.6) is 5.75 Å². The number of halogens is 1. The molecule has 21 heavy (non-hydrogen) atoms. The lowest BCUT2D eigenvalue weighted by atomic mass is 10.2. The highest BCUT2D eigenvalue weighted by Gasteiger charge is 2.07. The van der Waals surface area contributed by atoms with Gasteiger partial charge < -0.3 is 10.5 Å². The summed E-state index contributed by atoms with van der Waals surface area (Å²) < 4.78 is 6.86. The molecule has 0 aliphatic rings. The second-order valence-electron chi connectivity index (χ2n) is 4.37. The van der Waals surface area contributed by atoms with E-state index in [0.717, 1.165) is 20.8 Å². The summed E-state index contributed by atoms with van der Waals surface area (Å²) in [6, 6.07) is 13.3. The summed E-state index contributed by atoms with van der Waals surface area (Å²) in [7, 11) is 0. The molecule has 2 N–H and O–H groups in total. The molecule has 1 aromatic heterocycles. The molecule has 0 unspecified atom stereocenters. The lowest BCUT2D eigenvalue weighted by Gasteiger charge is -2.07. The summed E-state index contributed by atoms with van der Waals surface area (Å²) in [6.07, 6.45) is 0. The zero-order valence-corrected chi connectivity index (χ0v) is 13.3. The van der Waals surface area contributed by atoms with E-state index in [1.807, 2.05) is 24.3 Å². The van der Waals surface area contributed by atoms with Gasteiger partial charge in [-0.05, 0) is 30.3 Å². The topological polar surface area (TPSA) is 48.1 Å². The van der Waals surface area contributed by atoms with Crippen LogP contribution in [0.3, 0.4) is 0 Å². The second kappa shape index (κ2) is 5.97. The zero-order chi connectivity index (χ0) is 14.8. The number of fused-ring (bicyclic) bond motifs is 1. The molecular weight excluding hydrogens is 324 g/mol. The third-order valence-electron chi connectivity index (χ3n) is 2.91. The molecule has 3 aromatic rings. The van der Waals surface area contributed by atoms with Crippen LogP contribution in [0.15, 0.2) is 42.5 Å². The van der Waals surface area contributed by atoms with Gasteiger partial charge in [0.05, 0.1) is 15.2 Å². The van der Waals surface area contributed by atoms with Gasteiger partial charge in [-0.25, -0.2) is 4.98 Å². The molecule has 106 valence electrons. The summed E-state index contributed by atoms with van der Waals surface area (Å²) in [5.74, 6) is 0.593. The standard InChI is InChI=1S/C15H11ClN2OS2/c16-10-7-9(15(17)20)5-6-12(10)19-8-14-18-11-3-1-2-4-13(11)21-14/h1-7H,8H2,(H2,17,20). The van der Waals surface area contributed by atoms with Crippen molar-refractivity contribution in [2.24, 2.45) is 5.73 Å². The molecule has 1 heterocycles. The Morgan fingerprint density at radius 2 is 2.10 bits per heavy atom. The largest absolute Gasteiger partial charge is 0.485 e. The van der Waals surface area contributed by atoms with Gasteiger partial charge in [0.1, 0.15) is 22.4 Å². The van der Waals surface area contributed by atoms with Crippen molar-refractivity contribution >= 4 is 50.4 Å². The van der Waals surface area contributed by atoms with Crippen LogP contribution in [0.25, 0.3) is 10.2 Å². The Bertz CT molecular complexity index is 783. The molecule has 0 amide bonds. The van der Waals surface area contributed by atoms with Crippen molar-refractivity contribution in [3.8, 4) is 5.75 Å². The Morgan fingerprint density at radius 1 is 1.29 bits per heavy atom. The van der Waals surface area contributed by atoms with Gasteiger partial charge in [-0.1, -0.05) is 36.0 Å². The molecule has 0 aliphatic heterocycles. The Morgan fingerprint density at radius 3 is 2.81 bits per heavy atom. The average Bonchev–Trinajstić information content (AvgIpc) is 2.88. The van der Waals surface area contributed by atoms with E-state index in [4.69, 9.17) is 34.3 Å². The van der Waals surface area contributed by atoms with Crippen molar-refractivity contribution < 1.29 is 4.74 Å². The number of thiazole rings is 1. The first kappa shape index (κ1) is 14.3. The Balaban J connectivity index is 1.76. The van der Waals surface area contributed by atoms with E-state index in [-0.39, 0.29) is 0 Å². The van der Waals surface area contributed by atoms with Gasteiger partial charge in [0.2, 0.25) is 0 Å². The average molecular weight is 335 g/mol. The maximum absolute atomic E-state index is 6.16. The first-order chi connectivity index (χ1) is 10.1. The van der Waals surface area contributed by atoms with E-state index >= 15 is 0 Å². The molecule has 3 rings (SSSR count). The van der Waals surface area contributed by atoms with Crippen molar-refractivity contribution in [1.29, 1.82) is 0 Å². The molecule has 0 bridgehead atoms. The maximum atomic E-state index is 6.16. The molecule has 0 saturated heterocycles. The van der Waals surface area contributed by atoms with E-state index in [1.165, 1.54) is 0 Å². The van der Waals surface area contributed by atoms with Crippen LogP contribution in [0.2, 0.25) is 5.02 Å². The molecule has 6 heteroatoms. The van der Waals surface area contributed by atoms with Crippen LogP contribution in [0, 0.1) is 0 Å². The third-order valence-corrected chi connectivity index (χ3v) is 4.45. The van der Waals surface area contributed by atoms with Gasteiger partial charge in [-0.2, -0.15) is 0 Å². The minimum absolute atomic E-state index is 0.314. The van der Waals surface area contributed by atoms with Crippen molar-refractivity contribution in [3.05, 3.63) is 58.1 Å². The number of ether oxygens (including phenoxy) is 1. The van der Waals surface area contributed by atoms with Gasteiger partial charge in [0.15, 0.2) is 0 Å². The summed E-state index contributed by atoms with van der Waals surface area (Å²) in [5.41, 5.74) is 7.27. The highest BCUT2D eigenvalue weighted by molar-refractivity contribution is 7.80. The lowest BCUT2D eigenvalue weighted by Crippen LogP contribution is -2.09. The minimum Gasteiger partial charge on any atom is -0.485 e. The molecule has 3 nitrogen and oxygen atoms in total. The molecular formula is C15H11ClN2OS2. The van der Waals surface area contributed by atoms with Crippen molar-refractivity contribution in [1.82, 2.24) is 4.98 Å². The lowest BCUT2D eigenvalue weighted by molar-refractivity contribution is 0.306. The van der Waals surface area contributed by atoms with Gasteiger partial charge in [-0.15, -0.1) is 11.3 Å².